The van der Waals surface area contributed by atoms with Gasteiger partial charge in [-0.05, 0) is 44.7 Å². The molecule has 1 amide bonds. The zero-order valence-corrected chi connectivity index (χ0v) is 18.7. The summed E-state index contributed by atoms with van der Waals surface area (Å²) in [6.07, 6.45) is 4.59. The molecule has 1 saturated heterocycles. The molecule has 3 heterocycles. The second kappa shape index (κ2) is 8.98. The number of benzene rings is 1. The van der Waals surface area contributed by atoms with Crippen LogP contribution in [0.5, 0.6) is 11.5 Å². The van der Waals surface area contributed by atoms with E-state index < -0.39 is 0 Å². The highest BCUT2D eigenvalue weighted by molar-refractivity contribution is 7.99. The van der Waals surface area contributed by atoms with Gasteiger partial charge in [-0.2, -0.15) is 0 Å². The fourth-order valence-corrected chi connectivity index (χ4v) is 5.08. The van der Waals surface area contributed by atoms with Crippen molar-refractivity contribution in [2.45, 2.75) is 49.9 Å². The van der Waals surface area contributed by atoms with Crippen molar-refractivity contribution in [3.63, 3.8) is 0 Å². The first kappa shape index (κ1) is 20.5. The number of aromatic nitrogens is 3. The molecule has 2 aliphatic heterocycles. The summed E-state index contributed by atoms with van der Waals surface area (Å²) in [4.78, 5) is 17.1. The number of nitrogens with zero attached hydrogens (tertiary/aromatic N) is 5. The first-order valence-electron chi connectivity index (χ1n) is 11.2. The second-order valence-electron chi connectivity index (χ2n) is 8.30. The summed E-state index contributed by atoms with van der Waals surface area (Å²) in [6.45, 7) is 5.69. The lowest BCUT2D eigenvalue weighted by atomic mass is 10.2. The summed E-state index contributed by atoms with van der Waals surface area (Å²) in [6, 6.07) is 8.14. The van der Waals surface area contributed by atoms with Crippen molar-refractivity contribution in [3.05, 3.63) is 24.3 Å². The van der Waals surface area contributed by atoms with E-state index in [9.17, 15) is 4.79 Å². The number of carbonyl (C=O) groups is 1. The van der Waals surface area contributed by atoms with Crippen molar-refractivity contribution in [2.24, 2.45) is 0 Å². The van der Waals surface area contributed by atoms with Gasteiger partial charge >= 0.3 is 0 Å². The molecule has 1 saturated carbocycles. The number of rotatable bonds is 8. The van der Waals surface area contributed by atoms with E-state index in [2.05, 4.69) is 19.7 Å². The Morgan fingerprint density at radius 1 is 1.19 bits per heavy atom. The van der Waals surface area contributed by atoms with Gasteiger partial charge in [0.15, 0.2) is 22.8 Å². The van der Waals surface area contributed by atoms with Crippen LogP contribution in [0.2, 0.25) is 0 Å². The van der Waals surface area contributed by atoms with E-state index in [4.69, 9.17) is 9.47 Å². The predicted octanol–water partition coefficient (Wildman–Crippen LogP) is 2.99. The Balaban J connectivity index is 1.20. The molecule has 5 rings (SSSR count). The van der Waals surface area contributed by atoms with Crippen molar-refractivity contribution in [2.75, 3.05) is 43.4 Å². The molecular weight excluding hydrogens is 414 g/mol. The SMILES string of the molecule is CCN(C[C@@H]1COc2ccccc2O1)C(=O)CSc1nnc(N2CCCC2)n1C1CC1. The van der Waals surface area contributed by atoms with Gasteiger partial charge in [-0.1, -0.05) is 23.9 Å². The molecule has 3 aliphatic rings. The molecule has 0 unspecified atom stereocenters. The maximum Gasteiger partial charge on any atom is 0.233 e. The number of likely N-dealkylation sites (N-methyl/N-ethyl adjacent to an activating group) is 1. The van der Waals surface area contributed by atoms with Crippen LogP contribution >= 0.6 is 11.8 Å². The molecule has 2 aromatic rings. The summed E-state index contributed by atoms with van der Waals surface area (Å²) in [5.41, 5.74) is 0. The van der Waals surface area contributed by atoms with E-state index in [0.717, 1.165) is 35.7 Å². The van der Waals surface area contributed by atoms with Gasteiger partial charge in [0.2, 0.25) is 11.9 Å². The van der Waals surface area contributed by atoms with Crippen LogP contribution in [0.25, 0.3) is 0 Å². The van der Waals surface area contributed by atoms with Crippen LogP contribution in [-0.4, -0.2) is 70.2 Å². The first-order valence-corrected chi connectivity index (χ1v) is 12.2. The Morgan fingerprint density at radius 3 is 2.71 bits per heavy atom. The van der Waals surface area contributed by atoms with Crippen LogP contribution in [0.15, 0.2) is 29.4 Å². The van der Waals surface area contributed by atoms with Crippen LogP contribution in [0, 0.1) is 0 Å². The standard InChI is InChI=1S/C22H29N5O3S/c1-2-25(13-17-14-29-18-7-3-4-8-19(18)30-17)20(28)15-31-22-24-23-21(26-11-5-6-12-26)27(22)16-9-10-16/h3-4,7-8,16-17H,2,5-6,9-15H2,1H3/t17-/m1/s1. The number of anilines is 1. The molecule has 2 fully saturated rings. The molecule has 0 bridgehead atoms. The molecule has 1 aromatic heterocycles. The minimum Gasteiger partial charge on any atom is -0.486 e. The third kappa shape index (κ3) is 4.46. The average Bonchev–Trinajstić information content (AvgIpc) is 3.32. The zero-order chi connectivity index (χ0) is 21.2. The Bertz CT molecular complexity index is 926. The van der Waals surface area contributed by atoms with E-state index in [1.165, 1.54) is 37.4 Å². The van der Waals surface area contributed by atoms with E-state index in [1.54, 1.807) is 0 Å². The van der Waals surface area contributed by atoms with E-state index >= 15 is 0 Å². The van der Waals surface area contributed by atoms with Gasteiger partial charge in [-0.25, -0.2) is 0 Å². The molecule has 0 N–H and O–H groups in total. The monoisotopic (exact) mass is 443 g/mol. The molecule has 1 aromatic carbocycles. The first-order chi connectivity index (χ1) is 15.2. The van der Waals surface area contributed by atoms with E-state index in [-0.39, 0.29) is 12.0 Å². The maximum atomic E-state index is 13.0. The number of fused-ring (bicyclic) bond motifs is 1. The minimum atomic E-state index is -0.166. The van der Waals surface area contributed by atoms with Gasteiger partial charge in [-0.3, -0.25) is 9.36 Å². The number of para-hydroxylation sites is 2. The van der Waals surface area contributed by atoms with Gasteiger partial charge in [0.1, 0.15) is 6.61 Å². The van der Waals surface area contributed by atoms with Crippen molar-refractivity contribution in [3.8, 4) is 11.5 Å². The molecule has 1 aliphatic carbocycles. The van der Waals surface area contributed by atoms with Crippen LogP contribution in [0.1, 0.15) is 38.6 Å². The normalized spacial score (nSPS) is 20.2. The number of amides is 1. The fraction of sp³-hybridized carbons (Fsp3) is 0.591. The summed E-state index contributed by atoms with van der Waals surface area (Å²) in [7, 11) is 0. The number of hydrogen-bond donors (Lipinski definition) is 0. The summed E-state index contributed by atoms with van der Waals surface area (Å²) in [5, 5.41) is 9.77. The van der Waals surface area contributed by atoms with Crippen molar-refractivity contribution in [1.29, 1.82) is 0 Å². The molecule has 166 valence electrons. The summed E-state index contributed by atoms with van der Waals surface area (Å²) >= 11 is 1.50. The van der Waals surface area contributed by atoms with E-state index in [1.807, 2.05) is 36.1 Å². The number of hydrogen-bond acceptors (Lipinski definition) is 7. The summed E-state index contributed by atoms with van der Waals surface area (Å²) in [5.74, 6) is 2.92. The zero-order valence-electron chi connectivity index (χ0n) is 17.9. The average molecular weight is 444 g/mol. The number of thioether (sulfide) groups is 1. The molecule has 0 spiro atoms. The van der Waals surface area contributed by atoms with Gasteiger partial charge in [-0.15, -0.1) is 10.2 Å². The van der Waals surface area contributed by atoms with Gasteiger partial charge < -0.3 is 19.3 Å². The highest BCUT2D eigenvalue weighted by atomic mass is 32.2. The molecule has 1 atom stereocenters. The topological polar surface area (TPSA) is 72.7 Å². The summed E-state index contributed by atoms with van der Waals surface area (Å²) < 4.78 is 14.1. The molecule has 31 heavy (non-hydrogen) atoms. The molecule has 9 heteroatoms. The minimum absolute atomic E-state index is 0.0861. The van der Waals surface area contributed by atoms with Gasteiger partial charge in [0.05, 0.1) is 12.3 Å². The van der Waals surface area contributed by atoms with Crippen molar-refractivity contribution in [1.82, 2.24) is 19.7 Å². The third-order valence-electron chi connectivity index (χ3n) is 6.00. The fourth-order valence-electron chi connectivity index (χ4n) is 4.18. The Kier molecular flexibility index (Phi) is 5.93. The lowest BCUT2D eigenvalue weighted by Crippen LogP contribution is -2.44. The lowest BCUT2D eigenvalue weighted by molar-refractivity contribution is -0.129. The predicted molar refractivity (Wildman–Crippen MR) is 119 cm³/mol. The van der Waals surface area contributed by atoms with Gasteiger partial charge in [0, 0.05) is 25.7 Å². The quantitative estimate of drug-likeness (QED) is 0.581. The molecule has 0 radical (unpaired) electrons. The van der Waals surface area contributed by atoms with Crippen molar-refractivity contribution < 1.29 is 14.3 Å². The Morgan fingerprint density at radius 2 is 1.97 bits per heavy atom. The van der Waals surface area contributed by atoms with Gasteiger partial charge in [0.25, 0.3) is 0 Å². The van der Waals surface area contributed by atoms with Crippen molar-refractivity contribution >= 4 is 23.6 Å². The second-order valence-corrected chi connectivity index (χ2v) is 9.24. The number of ether oxygens (including phenoxy) is 2. The van der Waals surface area contributed by atoms with Crippen LogP contribution < -0.4 is 14.4 Å². The number of carbonyl (C=O) groups excluding carboxylic acids is 1. The highest BCUT2D eigenvalue weighted by Gasteiger charge is 2.33. The highest BCUT2D eigenvalue weighted by Crippen LogP contribution is 2.41. The van der Waals surface area contributed by atoms with Crippen LogP contribution in [0.3, 0.4) is 0 Å². The molecular formula is C22H29N5O3S. The van der Waals surface area contributed by atoms with Crippen LogP contribution in [-0.2, 0) is 4.79 Å². The molecule has 8 nitrogen and oxygen atoms in total. The van der Waals surface area contributed by atoms with E-state index in [0.29, 0.717) is 31.5 Å². The Labute approximate surface area is 186 Å². The van der Waals surface area contributed by atoms with Crippen LogP contribution in [0.4, 0.5) is 5.95 Å². The third-order valence-corrected chi connectivity index (χ3v) is 6.93. The smallest absolute Gasteiger partial charge is 0.233 e. The largest absolute Gasteiger partial charge is 0.486 e. The maximum absolute atomic E-state index is 13.0. The lowest BCUT2D eigenvalue weighted by Gasteiger charge is -2.30. The Hall–Kier alpha value is -2.42.